The van der Waals surface area contributed by atoms with E-state index in [9.17, 15) is 5.11 Å². The van der Waals surface area contributed by atoms with E-state index in [1.165, 1.54) is 0 Å². The second-order valence-electron chi connectivity index (χ2n) is 7.04. The molecule has 1 fully saturated rings. The number of nitrogens with zero attached hydrogens (tertiary/aromatic N) is 4. The Labute approximate surface area is 147 Å². The monoisotopic (exact) mass is 340 g/mol. The van der Waals surface area contributed by atoms with Crippen LogP contribution in [0.3, 0.4) is 0 Å². The number of ether oxygens (including phenoxy) is 1. The normalized spacial score (nSPS) is 22.4. The molecule has 4 rings (SSSR count). The highest BCUT2D eigenvalue weighted by Crippen LogP contribution is 2.28. The van der Waals surface area contributed by atoms with Crippen LogP contribution in [0.5, 0.6) is 0 Å². The lowest BCUT2D eigenvalue weighted by molar-refractivity contribution is 0.0598. The number of aliphatic hydroxyl groups is 1. The first-order chi connectivity index (χ1) is 12.1. The van der Waals surface area contributed by atoms with Crippen molar-refractivity contribution >= 4 is 11.6 Å². The quantitative estimate of drug-likeness (QED) is 0.933. The molecule has 6 nitrogen and oxygen atoms in total. The standard InChI is InChI=1S/C19H24N4O2/c1-22(2)14-5-3-4-13(10-14)17-12-20-18-11-19(21-23(17)18)25-16-8-6-15(24)7-9-16/h3-5,10,12,15-16,24H,6-9,11H2,1-2H3. The Morgan fingerprint density at radius 3 is 2.76 bits per heavy atom. The van der Waals surface area contributed by atoms with Crippen LogP contribution < -0.4 is 4.90 Å². The van der Waals surface area contributed by atoms with Gasteiger partial charge in [0.25, 0.3) is 0 Å². The molecular weight excluding hydrogens is 316 g/mol. The Kier molecular flexibility index (Phi) is 4.21. The van der Waals surface area contributed by atoms with Crippen LogP contribution in [0, 0.1) is 0 Å². The van der Waals surface area contributed by atoms with Gasteiger partial charge in [0.1, 0.15) is 11.9 Å². The van der Waals surface area contributed by atoms with Gasteiger partial charge in [-0.05, 0) is 37.8 Å². The van der Waals surface area contributed by atoms with Gasteiger partial charge in [-0.25, -0.2) is 9.66 Å². The van der Waals surface area contributed by atoms with Gasteiger partial charge in [-0.2, -0.15) is 0 Å². The molecule has 0 unspecified atom stereocenters. The molecule has 2 aromatic rings. The van der Waals surface area contributed by atoms with Crippen LogP contribution in [-0.2, 0) is 11.2 Å². The minimum atomic E-state index is -0.170. The molecule has 1 aliphatic heterocycles. The molecule has 0 radical (unpaired) electrons. The highest BCUT2D eigenvalue weighted by atomic mass is 16.5. The van der Waals surface area contributed by atoms with Crippen molar-refractivity contribution < 1.29 is 9.84 Å². The molecule has 0 amide bonds. The van der Waals surface area contributed by atoms with Crippen LogP contribution in [0.2, 0.25) is 0 Å². The van der Waals surface area contributed by atoms with Crippen molar-refractivity contribution in [2.45, 2.75) is 44.3 Å². The van der Waals surface area contributed by atoms with Gasteiger partial charge in [-0.15, -0.1) is 5.10 Å². The average molecular weight is 340 g/mol. The largest absolute Gasteiger partial charge is 0.476 e. The molecule has 0 atom stereocenters. The van der Waals surface area contributed by atoms with E-state index in [0.717, 1.165) is 54.4 Å². The number of fused-ring (bicyclic) bond motifs is 1. The van der Waals surface area contributed by atoms with Crippen LogP contribution in [0.25, 0.3) is 11.3 Å². The molecular formula is C19H24N4O2. The van der Waals surface area contributed by atoms with Crippen LogP contribution in [-0.4, -0.2) is 47.0 Å². The number of aromatic nitrogens is 2. The summed E-state index contributed by atoms with van der Waals surface area (Å²) in [5, 5.41) is 14.3. The Hall–Kier alpha value is -2.34. The number of hydrogen-bond acceptors (Lipinski definition) is 5. The maximum atomic E-state index is 9.62. The lowest BCUT2D eigenvalue weighted by Crippen LogP contribution is -2.26. The third-order valence-corrected chi connectivity index (χ3v) is 4.93. The topological polar surface area (TPSA) is 62.9 Å². The van der Waals surface area contributed by atoms with Crippen molar-refractivity contribution in [3.8, 4) is 11.3 Å². The number of rotatable bonds is 3. The SMILES string of the molecule is CN(C)c1cccc(-c2cnc3n2N=C(OC2CCC(O)CC2)C3)c1. The Bertz CT molecular complexity index is 788. The van der Waals surface area contributed by atoms with Gasteiger partial charge < -0.3 is 14.7 Å². The number of anilines is 1. The van der Waals surface area contributed by atoms with Crippen molar-refractivity contribution in [3.63, 3.8) is 0 Å². The first-order valence-corrected chi connectivity index (χ1v) is 8.87. The minimum absolute atomic E-state index is 0.160. The van der Waals surface area contributed by atoms with Gasteiger partial charge in [-0.1, -0.05) is 12.1 Å². The number of aliphatic hydroxyl groups excluding tert-OH is 1. The number of benzene rings is 1. The van der Waals surface area contributed by atoms with E-state index < -0.39 is 0 Å². The predicted molar refractivity (Wildman–Crippen MR) is 97.9 cm³/mol. The molecule has 2 aliphatic rings. The zero-order chi connectivity index (χ0) is 17.4. The fourth-order valence-corrected chi connectivity index (χ4v) is 3.46. The third-order valence-electron chi connectivity index (χ3n) is 4.93. The highest BCUT2D eigenvalue weighted by molar-refractivity contribution is 5.81. The fourth-order valence-electron chi connectivity index (χ4n) is 3.46. The molecule has 2 heterocycles. The summed E-state index contributed by atoms with van der Waals surface area (Å²) in [6.45, 7) is 0. The molecule has 0 bridgehead atoms. The Morgan fingerprint density at radius 2 is 2.00 bits per heavy atom. The summed E-state index contributed by atoms with van der Waals surface area (Å²) in [5.74, 6) is 1.64. The zero-order valence-electron chi connectivity index (χ0n) is 14.7. The van der Waals surface area contributed by atoms with Crippen molar-refractivity contribution in [3.05, 3.63) is 36.3 Å². The molecule has 0 spiro atoms. The summed E-state index contributed by atoms with van der Waals surface area (Å²) in [4.78, 5) is 6.60. The van der Waals surface area contributed by atoms with Gasteiger partial charge in [0, 0.05) is 25.3 Å². The van der Waals surface area contributed by atoms with E-state index in [2.05, 4.69) is 33.2 Å². The maximum Gasteiger partial charge on any atom is 0.214 e. The zero-order valence-corrected chi connectivity index (χ0v) is 14.7. The van der Waals surface area contributed by atoms with Crippen LogP contribution >= 0.6 is 0 Å². The van der Waals surface area contributed by atoms with E-state index in [1.54, 1.807) is 0 Å². The lowest BCUT2D eigenvalue weighted by atomic mass is 9.95. The van der Waals surface area contributed by atoms with Crippen molar-refractivity contribution in [2.24, 2.45) is 5.10 Å². The molecule has 1 N–H and O–H groups in total. The first kappa shape index (κ1) is 16.1. The first-order valence-electron chi connectivity index (χ1n) is 8.87. The van der Waals surface area contributed by atoms with Crippen LogP contribution in [0.15, 0.2) is 35.6 Å². The van der Waals surface area contributed by atoms with E-state index in [-0.39, 0.29) is 12.2 Å². The number of hydrogen-bond donors (Lipinski definition) is 1. The van der Waals surface area contributed by atoms with E-state index in [4.69, 9.17) is 4.74 Å². The van der Waals surface area contributed by atoms with Crippen molar-refractivity contribution in [1.82, 2.24) is 9.66 Å². The van der Waals surface area contributed by atoms with Gasteiger partial charge in [0.05, 0.1) is 24.4 Å². The van der Waals surface area contributed by atoms with Gasteiger partial charge in [0.2, 0.25) is 5.90 Å². The summed E-state index contributed by atoms with van der Waals surface area (Å²) in [7, 11) is 4.07. The predicted octanol–water partition coefficient (Wildman–Crippen LogP) is 2.65. The summed E-state index contributed by atoms with van der Waals surface area (Å²) < 4.78 is 7.95. The molecule has 0 saturated heterocycles. The molecule has 6 heteroatoms. The van der Waals surface area contributed by atoms with Crippen molar-refractivity contribution in [1.29, 1.82) is 0 Å². The summed E-state index contributed by atoms with van der Waals surface area (Å²) in [6.07, 6.45) is 5.90. The van der Waals surface area contributed by atoms with Gasteiger partial charge in [-0.3, -0.25) is 0 Å². The maximum absolute atomic E-state index is 9.62. The van der Waals surface area contributed by atoms with E-state index in [1.807, 2.05) is 31.0 Å². The summed E-state index contributed by atoms with van der Waals surface area (Å²) in [5.41, 5.74) is 3.22. The van der Waals surface area contributed by atoms with Crippen LogP contribution in [0.4, 0.5) is 5.69 Å². The van der Waals surface area contributed by atoms with Gasteiger partial charge >= 0.3 is 0 Å². The Balaban J connectivity index is 1.54. The summed E-state index contributed by atoms with van der Waals surface area (Å²) >= 11 is 0. The second-order valence-corrected chi connectivity index (χ2v) is 7.04. The molecule has 1 saturated carbocycles. The summed E-state index contributed by atoms with van der Waals surface area (Å²) in [6, 6.07) is 8.35. The molecule has 1 aromatic heterocycles. The molecule has 1 aliphatic carbocycles. The average Bonchev–Trinajstić information content (AvgIpc) is 3.17. The molecule has 132 valence electrons. The van der Waals surface area contributed by atoms with Gasteiger partial charge in [0.15, 0.2) is 0 Å². The Morgan fingerprint density at radius 1 is 1.20 bits per heavy atom. The fraction of sp³-hybridized carbons (Fsp3) is 0.474. The van der Waals surface area contributed by atoms with E-state index >= 15 is 0 Å². The third kappa shape index (κ3) is 3.26. The van der Waals surface area contributed by atoms with Crippen LogP contribution in [0.1, 0.15) is 31.5 Å². The number of imidazole rings is 1. The smallest absolute Gasteiger partial charge is 0.214 e. The van der Waals surface area contributed by atoms with Crippen molar-refractivity contribution in [2.75, 3.05) is 19.0 Å². The minimum Gasteiger partial charge on any atom is -0.476 e. The lowest BCUT2D eigenvalue weighted by Gasteiger charge is -2.25. The molecule has 25 heavy (non-hydrogen) atoms. The van der Waals surface area contributed by atoms with E-state index in [0.29, 0.717) is 6.42 Å². The highest BCUT2D eigenvalue weighted by Gasteiger charge is 2.26. The molecule has 1 aromatic carbocycles. The second kappa shape index (κ2) is 6.52.